The Bertz CT molecular complexity index is 719. The summed E-state index contributed by atoms with van der Waals surface area (Å²) in [6, 6.07) is 3.81. The third-order valence-corrected chi connectivity index (χ3v) is 4.36. The Balaban J connectivity index is 1.99. The molecule has 0 fully saturated rings. The van der Waals surface area contributed by atoms with Gasteiger partial charge in [-0.15, -0.1) is 11.3 Å². The molecule has 0 bridgehead atoms. The number of Topliss-reactive ketones (excluding diaryl/α,β-unsaturated/α-hetero) is 1. The van der Waals surface area contributed by atoms with Crippen LogP contribution in [0.15, 0.2) is 18.2 Å². The van der Waals surface area contributed by atoms with Crippen molar-refractivity contribution in [3.63, 3.8) is 0 Å². The maximum absolute atomic E-state index is 13.2. The molecule has 2 heterocycles. The zero-order chi connectivity index (χ0) is 14.4. The van der Waals surface area contributed by atoms with Crippen molar-refractivity contribution in [1.82, 2.24) is 4.98 Å². The van der Waals surface area contributed by atoms with E-state index in [1.807, 2.05) is 13.8 Å². The molecule has 0 unspecified atom stereocenters. The SMILES string of the molecule is Cc1nc(CN2C(=O)C(=O)c3cc(F)ccc32)sc1C. The molecule has 1 aliphatic rings. The molecular weight excluding hydrogens is 279 g/mol. The number of thiazole rings is 1. The highest BCUT2D eigenvalue weighted by molar-refractivity contribution is 7.11. The molecule has 102 valence electrons. The van der Waals surface area contributed by atoms with Gasteiger partial charge in [0.1, 0.15) is 10.8 Å². The van der Waals surface area contributed by atoms with Gasteiger partial charge in [-0.3, -0.25) is 14.5 Å². The van der Waals surface area contributed by atoms with Crippen LogP contribution in [-0.4, -0.2) is 16.7 Å². The topological polar surface area (TPSA) is 50.3 Å². The van der Waals surface area contributed by atoms with E-state index in [0.29, 0.717) is 5.69 Å². The van der Waals surface area contributed by atoms with Crippen LogP contribution >= 0.6 is 11.3 Å². The predicted octanol–water partition coefficient (Wildman–Crippen LogP) is 2.63. The van der Waals surface area contributed by atoms with Crippen LogP contribution in [0.2, 0.25) is 0 Å². The lowest BCUT2D eigenvalue weighted by atomic mass is 10.1. The number of hydrogen-bond acceptors (Lipinski definition) is 4. The lowest BCUT2D eigenvalue weighted by molar-refractivity contribution is -0.114. The van der Waals surface area contributed by atoms with Crippen LogP contribution in [0.4, 0.5) is 10.1 Å². The van der Waals surface area contributed by atoms with Crippen LogP contribution in [-0.2, 0) is 11.3 Å². The molecule has 1 aliphatic heterocycles. The van der Waals surface area contributed by atoms with Gasteiger partial charge in [-0.25, -0.2) is 9.37 Å². The van der Waals surface area contributed by atoms with E-state index < -0.39 is 17.5 Å². The first-order chi connectivity index (χ1) is 9.47. The minimum Gasteiger partial charge on any atom is -0.298 e. The number of benzene rings is 1. The highest BCUT2D eigenvalue weighted by Crippen LogP contribution is 2.31. The third kappa shape index (κ3) is 1.92. The number of carbonyl (C=O) groups excluding carboxylic acids is 2. The number of aromatic nitrogens is 1. The van der Waals surface area contributed by atoms with Gasteiger partial charge in [0.05, 0.1) is 23.5 Å². The van der Waals surface area contributed by atoms with Crippen molar-refractivity contribution >= 4 is 28.7 Å². The summed E-state index contributed by atoms with van der Waals surface area (Å²) < 4.78 is 13.2. The number of aryl methyl sites for hydroxylation is 2. The number of carbonyl (C=O) groups is 2. The quantitative estimate of drug-likeness (QED) is 0.799. The van der Waals surface area contributed by atoms with E-state index in [9.17, 15) is 14.0 Å². The van der Waals surface area contributed by atoms with E-state index >= 15 is 0 Å². The van der Waals surface area contributed by atoms with Crippen molar-refractivity contribution in [2.75, 3.05) is 4.90 Å². The summed E-state index contributed by atoms with van der Waals surface area (Å²) >= 11 is 1.49. The van der Waals surface area contributed by atoms with E-state index in [4.69, 9.17) is 0 Å². The second-order valence-electron chi connectivity index (χ2n) is 4.63. The van der Waals surface area contributed by atoms with Gasteiger partial charge in [-0.2, -0.15) is 0 Å². The number of hydrogen-bond donors (Lipinski definition) is 0. The Morgan fingerprint density at radius 1 is 1.30 bits per heavy atom. The molecule has 4 nitrogen and oxygen atoms in total. The van der Waals surface area contributed by atoms with Gasteiger partial charge in [0.25, 0.3) is 11.7 Å². The van der Waals surface area contributed by atoms with Crippen LogP contribution in [0.5, 0.6) is 0 Å². The van der Waals surface area contributed by atoms with Gasteiger partial charge in [-0.1, -0.05) is 0 Å². The summed E-state index contributed by atoms with van der Waals surface area (Å²) in [5.41, 5.74) is 1.49. The highest BCUT2D eigenvalue weighted by atomic mass is 32.1. The fourth-order valence-electron chi connectivity index (χ4n) is 2.17. The number of anilines is 1. The average molecular weight is 290 g/mol. The normalized spacial score (nSPS) is 14.1. The highest BCUT2D eigenvalue weighted by Gasteiger charge is 2.36. The van der Waals surface area contributed by atoms with Crippen LogP contribution in [0.3, 0.4) is 0 Å². The second kappa shape index (κ2) is 4.49. The second-order valence-corrected chi connectivity index (χ2v) is 5.92. The zero-order valence-corrected chi connectivity index (χ0v) is 11.8. The van der Waals surface area contributed by atoms with Crippen LogP contribution < -0.4 is 4.90 Å². The lowest BCUT2D eigenvalue weighted by Gasteiger charge is -2.14. The third-order valence-electron chi connectivity index (χ3n) is 3.30. The Morgan fingerprint density at radius 3 is 2.70 bits per heavy atom. The fourth-order valence-corrected chi connectivity index (χ4v) is 3.09. The van der Waals surface area contributed by atoms with Crippen LogP contribution in [0.1, 0.15) is 25.9 Å². The summed E-state index contributed by atoms with van der Waals surface area (Å²) in [6.07, 6.45) is 0. The number of ketones is 1. The summed E-state index contributed by atoms with van der Waals surface area (Å²) in [5.74, 6) is -1.81. The van der Waals surface area contributed by atoms with E-state index in [1.165, 1.54) is 28.4 Å². The summed E-state index contributed by atoms with van der Waals surface area (Å²) in [5, 5.41) is 0.762. The monoisotopic (exact) mass is 290 g/mol. The molecule has 20 heavy (non-hydrogen) atoms. The van der Waals surface area contributed by atoms with Gasteiger partial charge in [0.15, 0.2) is 0 Å². The van der Waals surface area contributed by atoms with E-state index in [-0.39, 0.29) is 12.1 Å². The van der Waals surface area contributed by atoms with E-state index in [0.717, 1.165) is 21.6 Å². The molecular formula is C14H11FN2O2S. The smallest absolute Gasteiger partial charge is 0.298 e. The summed E-state index contributed by atoms with van der Waals surface area (Å²) in [7, 11) is 0. The van der Waals surface area contributed by atoms with Crippen molar-refractivity contribution in [3.05, 3.63) is 45.2 Å². The number of nitrogens with zero attached hydrogens (tertiary/aromatic N) is 2. The molecule has 0 N–H and O–H groups in total. The maximum Gasteiger partial charge on any atom is 0.299 e. The number of halogens is 1. The molecule has 2 aromatic rings. The van der Waals surface area contributed by atoms with Crippen molar-refractivity contribution in [3.8, 4) is 0 Å². The van der Waals surface area contributed by atoms with Gasteiger partial charge in [0, 0.05) is 4.88 Å². The van der Waals surface area contributed by atoms with Crippen molar-refractivity contribution in [2.45, 2.75) is 20.4 Å². The first kappa shape index (κ1) is 12.9. The fraction of sp³-hybridized carbons (Fsp3) is 0.214. The Kier molecular flexibility index (Phi) is 2.90. The Labute approximate surface area is 118 Å². The standard InChI is InChI=1S/C14H11FN2O2S/c1-7-8(2)20-12(16-7)6-17-11-4-3-9(15)5-10(11)13(18)14(17)19/h3-5H,6H2,1-2H3. The largest absolute Gasteiger partial charge is 0.299 e. The first-order valence-electron chi connectivity index (χ1n) is 6.06. The maximum atomic E-state index is 13.2. The first-order valence-corrected chi connectivity index (χ1v) is 6.87. The average Bonchev–Trinajstić information content (AvgIpc) is 2.83. The van der Waals surface area contributed by atoms with Gasteiger partial charge in [0.2, 0.25) is 0 Å². The molecule has 0 atom stereocenters. The molecule has 1 aromatic carbocycles. The predicted molar refractivity (Wildman–Crippen MR) is 73.5 cm³/mol. The lowest BCUT2D eigenvalue weighted by Crippen LogP contribution is -2.29. The van der Waals surface area contributed by atoms with Crippen molar-refractivity contribution < 1.29 is 14.0 Å². The van der Waals surface area contributed by atoms with Gasteiger partial charge >= 0.3 is 0 Å². The molecule has 0 radical (unpaired) electrons. The number of rotatable bonds is 2. The van der Waals surface area contributed by atoms with Crippen LogP contribution in [0.25, 0.3) is 0 Å². The number of amides is 1. The molecule has 0 aliphatic carbocycles. The Morgan fingerprint density at radius 2 is 2.05 bits per heavy atom. The Hall–Kier alpha value is -2.08. The minimum absolute atomic E-state index is 0.125. The minimum atomic E-state index is -0.663. The summed E-state index contributed by atoms with van der Waals surface area (Å²) in [6.45, 7) is 4.09. The van der Waals surface area contributed by atoms with Gasteiger partial charge in [-0.05, 0) is 32.0 Å². The molecule has 0 saturated heterocycles. The van der Waals surface area contributed by atoms with Gasteiger partial charge < -0.3 is 0 Å². The number of fused-ring (bicyclic) bond motifs is 1. The van der Waals surface area contributed by atoms with Crippen molar-refractivity contribution in [2.24, 2.45) is 0 Å². The van der Waals surface area contributed by atoms with E-state index in [1.54, 1.807) is 0 Å². The summed E-state index contributed by atoms with van der Waals surface area (Å²) in [4.78, 5) is 30.6. The van der Waals surface area contributed by atoms with Crippen molar-refractivity contribution in [1.29, 1.82) is 0 Å². The molecule has 6 heteroatoms. The van der Waals surface area contributed by atoms with Crippen LogP contribution in [0, 0.1) is 19.7 Å². The molecule has 1 amide bonds. The molecule has 0 saturated carbocycles. The molecule has 1 aromatic heterocycles. The zero-order valence-electron chi connectivity index (χ0n) is 10.9. The molecule has 0 spiro atoms. The molecule has 3 rings (SSSR count). The van der Waals surface area contributed by atoms with E-state index in [2.05, 4.69) is 4.98 Å².